The van der Waals surface area contributed by atoms with Crippen LogP contribution in [0.3, 0.4) is 0 Å². The molecule has 0 aliphatic carbocycles. The van der Waals surface area contributed by atoms with Crippen molar-refractivity contribution in [3.05, 3.63) is 57.3 Å². The lowest BCUT2D eigenvalue weighted by atomic mass is 10.2. The number of carbonyl (C=O) groups excluding carboxylic acids is 1. The summed E-state index contributed by atoms with van der Waals surface area (Å²) in [5.41, 5.74) is 1.83. The Morgan fingerprint density at radius 1 is 1.29 bits per heavy atom. The quantitative estimate of drug-likeness (QED) is 0.556. The summed E-state index contributed by atoms with van der Waals surface area (Å²) in [5, 5.41) is 0. The van der Waals surface area contributed by atoms with Crippen molar-refractivity contribution in [1.82, 2.24) is 0 Å². The molecule has 0 radical (unpaired) electrons. The normalized spacial score (nSPS) is 17.0. The molecule has 0 unspecified atom stereocenters. The van der Waals surface area contributed by atoms with Crippen LogP contribution in [0.2, 0.25) is 0 Å². The minimum Gasteiger partial charge on any atom is -0.450 e. The number of furan rings is 1. The van der Waals surface area contributed by atoms with E-state index in [2.05, 4.69) is 15.9 Å². The molecule has 2 heterocycles. The Labute approximate surface area is 140 Å². The van der Waals surface area contributed by atoms with Gasteiger partial charge in [-0.2, -0.15) is 0 Å². The molecular weight excluding hydrogens is 370 g/mol. The second-order valence-corrected chi connectivity index (χ2v) is 6.90. The van der Waals surface area contributed by atoms with Crippen molar-refractivity contribution in [3.63, 3.8) is 0 Å². The Morgan fingerprint density at radius 3 is 2.71 bits per heavy atom. The van der Waals surface area contributed by atoms with E-state index in [0.29, 0.717) is 19.7 Å². The van der Waals surface area contributed by atoms with Crippen LogP contribution in [0.25, 0.3) is 6.08 Å². The van der Waals surface area contributed by atoms with E-state index in [1.54, 1.807) is 23.1 Å². The average Bonchev–Trinajstić information content (AvgIpc) is 2.96. The number of para-hydroxylation sites is 1. The molecule has 3 rings (SSSR count). The van der Waals surface area contributed by atoms with Crippen LogP contribution in [0.5, 0.6) is 0 Å². The fraction of sp³-hybridized carbons (Fsp3) is 0.0667. The van der Waals surface area contributed by atoms with Gasteiger partial charge in [-0.3, -0.25) is 9.69 Å². The molecule has 2 aromatic rings. The van der Waals surface area contributed by atoms with Crippen LogP contribution in [0.1, 0.15) is 11.3 Å². The molecule has 6 heteroatoms. The largest absolute Gasteiger partial charge is 0.450 e. The van der Waals surface area contributed by atoms with Gasteiger partial charge in [-0.1, -0.05) is 42.2 Å². The number of anilines is 1. The zero-order valence-electron chi connectivity index (χ0n) is 11.0. The molecule has 1 aromatic carbocycles. The highest BCUT2D eigenvalue weighted by Gasteiger charge is 2.34. The maximum absolute atomic E-state index is 12.6. The van der Waals surface area contributed by atoms with E-state index in [1.165, 1.54) is 11.8 Å². The first-order valence-electron chi connectivity index (χ1n) is 6.15. The summed E-state index contributed by atoms with van der Waals surface area (Å²) < 4.78 is 6.57. The Bertz CT molecular complexity index is 767. The van der Waals surface area contributed by atoms with Gasteiger partial charge < -0.3 is 4.42 Å². The fourth-order valence-corrected chi connectivity index (χ4v) is 3.61. The van der Waals surface area contributed by atoms with Crippen LogP contribution in [0, 0.1) is 6.92 Å². The highest BCUT2D eigenvalue weighted by Crippen LogP contribution is 2.37. The molecule has 0 atom stereocenters. The maximum Gasteiger partial charge on any atom is 0.270 e. The Hall–Kier alpha value is -1.37. The van der Waals surface area contributed by atoms with Gasteiger partial charge >= 0.3 is 0 Å². The Kier molecular flexibility index (Phi) is 4.01. The van der Waals surface area contributed by atoms with Gasteiger partial charge in [0, 0.05) is 6.08 Å². The third kappa shape index (κ3) is 2.84. The molecule has 106 valence electrons. The lowest BCUT2D eigenvalue weighted by Gasteiger charge is -2.16. The summed E-state index contributed by atoms with van der Waals surface area (Å²) >= 11 is 9.87. The van der Waals surface area contributed by atoms with E-state index in [-0.39, 0.29) is 5.91 Å². The summed E-state index contributed by atoms with van der Waals surface area (Å²) in [7, 11) is 0. The fourth-order valence-electron chi connectivity index (χ4n) is 2.02. The van der Waals surface area contributed by atoms with E-state index in [1.807, 2.05) is 31.2 Å². The van der Waals surface area contributed by atoms with Gasteiger partial charge in [-0.25, -0.2) is 0 Å². The van der Waals surface area contributed by atoms with Crippen molar-refractivity contribution in [3.8, 4) is 0 Å². The first kappa shape index (κ1) is 14.6. The Morgan fingerprint density at radius 2 is 2.05 bits per heavy atom. The molecule has 0 bridgehead atoms. The second kappa shape index (κ2) is 5.79. The van der Waals surface area contributed by atoms with Crippen molar-refractivity contribution in [2.75, 3.05) is 4.90 Å². The number of carbonyl (C=O) groups is 1. The summed E-state index contributed by atoms with van der Waals surface area (Å²) in [4.78, 5) is 14.7. The number of halogens is 1. The molecule has 21 heavy (non-hydrogen) atoms. The van der Waals surface area contributed by atoms with Crippen LogP contribution in [-0.2, 0) is 4.79 Å². The van der Waals surface area contributed by atoms with Crippen molar-refractivity contribution in [1.29, 1.82) is 0 Å². The van der Waals surface area contributed by atoms with Crippen molar-refractivity contribution >= 4 is 61.9 Å². The van der Waals surface area contributed by atoms with Gasteiger partial charge in [0.05, 0.1) is 10.6 Å². The lowest BCUT2D eigenvalue weighted by molar-refractivity contribution is -0.113. The van der Waals surface area contributed by atoms with Crippen LogP contribution in [0.15, 0.2) is 50.4 Å². The zero-order chi connectivity index (χ0) is 15.0. The van der Waals surface area contributed by atoms with Crippen LogP contribution in [-0.4, -0.2) is 10.2 Å². The molecular formula is C15H10BrNO2S2. The average molecular weight is 380 g/mol. The zero-order valence-corrected chi connectivity index (χ0v) is 14.2. The van der Waals surface area contributed by atoms with E-state index >= 15 is 0 Å². The standard InChI is InChI=1S/C15H10BrNO2S2/c1-9-4-2-3-5-11(9)17-14(18)12(21-15(17)20)8-10-6-7-13(16)19-10/h2-8H,1H3/b12-8-. The number of benzene rings is 1. The van der Waals surface area contributed by atoms with Gasteiger partial charge in [0.25, 0.3) is 5.91 Å². The number of aryl methyl sites for hydroxylation is 1. The smallest absolute Gasteiger partial charge is 0.270 e. The molecule has 0 saturated carbocycles. The topological polar surface area (TPSA) is 33.5 Å². The summed E-state index contributed by atoms with van der Waals surface area (Å²) in [6.07, 6.45) is 1.71. The summed E-state index contributed by atoms with van der Waals surface area (Å²) in [6, 6.07) is 11.3. The lowest BCUT2D eigenvalue weighted by Crippen LogP contribution is -2.28. The molecule has 3 nitrogen and oxygen atoms in total. The number of nitrogens with zero attached hydrogens (tertiary/aromatic N) is 1. The van der Waals surface area contributed by atoms with Crippen molar-refractivity contribution < 1.29 is 9.21 Å². The monoisotopic (exact) mass is 379 g/mol. The third-order valence-corrected chi connectivity index (χ3v) is 4.75. The highest BCUT2D eigenvalue weighted by atomic mass is 79.9. The summed E-state index contributed by atoms with van der Waals surface area (Å²) in [6.45, 7) is 1.96. The van der Waals surface area contributed by atoms with Crippen LogP contribution in [0.4, 0.5) is 5.69 Å². The van der Waals surface area contributed by atoms with E-state index < -0.39 is 0 Å². The number of hydrogen-bond donors (Lipinski definition) is 0. The summed E-state index contributed by atoms with van der Waals surface area (Å²) in [5.74, 6) is 0.499. The first-order valence-corrected chi connectivity index (χ1v) is 8.17. The maximum atomic E-state index is 12.6. The molecule has 1 aromatic heterocycles. The van der Waals surface area contributed by atoms with Crippen LogP contribution < -0.4 is 4.90 Å². The molecule has 1 saturated heterocycles. The number of rotatable bonds is 2. The number of thioether (sulfide) groups is 1. The molecule has 1 amide bonds. The molecule has 1 fully saturated rings. The van der Waals surface area contributed by atoms with Gasteiger partial charge in [0.2, 0.25) is 0 Å². The first-order chi connectivity index (χ1) is 10.1. The van der Waals surface area contributed by atoms with Crippen molar-refractivity contribution in [2.45, 2.75) is 6.92 Å². The SMILES string of the molecule is Cc1ccccc1N1C(=O)/C(=C/c2ccc(Br)o2)SC1=S. The van der Waals surface area contributed by atoms with Gasteiger partial charge in [-0.15, -0.1) is 0 Å². The predicted molar refractivity (Wildman–Crippen MR) is 93.2 cm³/mol. The molecule has 1 aliphatic rings. The highest BCUT2D eigenvalue weighted by molar-refractivity contribution is 9.10. The Balaban J connectivity index is 1.96. The van der Waals surface area contributed by atoms with Gasteiger partial charge in [0.1, 0.15) is 5.76 Å². The van der Waals surface area contributed by atoms with E-state index in [4.69, 9.17) is 16.6 Å². The molecule has 1 aliphatic heterocycles. The number of amides is 1. The minimum atomic E-state index is -0.119. The van der Waals surface area contributed by atoms with E-state index in [0.717, 1.165) is 11.3 Å². The third-order valence-electron chi connectivity index (χ3n) is 3.02. The van der Waals surface area contributed by atoms with E-state index in [9.17, 15) is 4.79 Å². The second-order valence-electron chi connectivity index (χ2n) is 4.45. The van der Waals surface area contributed by atoms with Crippen LogP contribution >= 0.6 is 39.9 Å². The predicted octanol–water partition coefficient (Wildman–Crippen LogP) is 4.76. The van der Waals surface area contributed by atoms with Crippen molar-refractivity contribution in [2.24, 2.45) is 0 Å². The van der Waals surface area contributed by atoms with Gasteiger partial charge in [0.15, 0.2) is 8.99 Å². The number of thiocarbonyl (C=S) groups is 1. The molecule has 0 spiro atoms. The molecule has 0 N–H and O–H groups in total. The minimum absolute atomic E-state index is 0.119. The number of hydrogen-bond acceptors (Lipinski definition) is 4. The van der Waals surface area contributed by atoms with Gasteiger partial charge in [-0.05, 0) is 46.6 Å².